The summed E-state index contributed by atoms with van der Waals surface area (Å²) >= 11 is 0. The van der Waals surface area contributed by atoms with Crippen molar-refractivity contribution in [2.45, 2.75) is 26.3 Å². The largest absolute Gasteiger partial charge is 0.328 e. The number of rotatable bonds is 2. The van der Waals surface area contributed by atoms with E-state index in [-0.39, 0.29) is 0 Å². The maximum absolute atomic E-state index is 4.52. The zero-order valence-electron chi connectivity index (χ0n) is 12.3. The minimum atomic E-state index is 0.812. The van der Waals surface area contributed by atoms with Gasteiger partial charge in [-0.25, -0.2) is 4.98 Å². The Hall–Kier alpha value is -2.01. The summed E-state index contributed by atoms with van der Waals surface area (Å²) in [5, 5.41) is 9.88. The fourth-order valence-corrected chi connectivity index (χ4v) is 3.43. The fraction of sp³-hybridized carbons (Fsp3) is 0.438. The van der Waals surface area contributed by atoms with Crippen molar-refractivity contribution in [1.29, 1.82) is 0 Å². The molecular weight excluding hydrogens is 262 g/mol. The molecule has 1 fully saturated rings. The van der Waals surface area contributed by atoms with Crippen LogP contribution < -0.4 is 4.90 Å². The molecule has 1 aromatic carbocycles. The Labute approximate surface area is 123 Å². The van der Waals surface area contributed by atoms with Gasteiger partial charge in [-0.3, -0.25) is 4.40 Å². The Morgan fingerprint density at radius 3 is 3.10 bits per heavy atom. The number of hydrogen-bond acceptors (Lipinski definition) is 3. The highest BCUT2D eigenvalue weighted by Crippen LogP contribution is 2.16. The van der Waals surface area contributed by atoms with Gasteiger partial charge in [0.1, 0.15) is 12.9 Å². The fourth-order valence-electron chi connectivity index (χ4n) is 3.43. The highest BCUT2D eigenvalue weighted by Gasteiger charge is 2.22. The van der Waals surface area contributed by atoms with E-state index in [4.69, 9.17) is 0 Å². The molecule has 1 saturated heterocycles. The molecular formula is C16H20N5+. The first-order chi connectivity index (χ1) is 10.3. The zero-order valence-corrected chi connectivity index (χ0v) is 12.3. The molecule has 5 nitrogen and oxygen atoms in total. The van der Waals surface area contributed by atoms with Gasteiger partial charge < -0.3 is 4.90 Å². The summed E-state index contributed by atoms with van der Waals surface area (Å²) in [5.74, 6) is 1.83. The Bertz CT molecular complexity index is 779. The van der Waals surface area contributed by atoms with E-state index in [2.05, 4.69) is 32.6 Å². The van der Waals surface area contributed by atoms with Gasteiger partial charge >= 0.3 is 0 Å². The van der Waals surface area contributed by atoms with E-state index in [1.807, 2.05) is 24.5 Å². The molecule has 0 saturated carbocycles. The predicted octanol–water partition coefficient (Wildman–Crippen LogP) is 1.09. The van der Waals surface area contributed by atoms with Crippen molar-refractivity contribution in [1.82, 2.24) is 19.6 Å². The third kappa shape index (κ3) is 2.27. The van der Waals surface area contributed by atoms with Crippen molar-refractivity contribution in [3.8, 4) is 0 Å². The number of piperidine rings is 1. The summed E-state index contributed by atoms with van der Waals surface area (Å²) in [5.41, 5.74) is 1.89. The minimum Gasteiger partial charge on any atom is -0.328 e. The summed E-state index contributed by atoms with van der Waals surface area (Å²) in [4.78, 5) is 6.13. The van der Waals surface area contributed by atoms with Crippen LogP contribution in [-0.2, 0) is 6.54 Å². The van der Waals surface area contributed by atoms with Crippen LogP contribution in [0, 0.1) is 5.92 Å². The SMILES string of the molecule is C[C@@H]1CCC[NH+](Cc2nnc3c4ccccc4ncn23)C1. The molecule has 0 radical (unpaired) electrons. The van der Waals surface area contributed by atoms with E-state index in [0.717, 1.165) is 34.8 Å². The number of nitrogens with zero attached hydrogens (tertiary/aromatic N) is 4. The second kappa shape index (κ2) is 5.07. The first kappa shape index (κ1) is 12.7. The molecule has 0 bridgehead atoms. The molecule has 21 heavy (non-hydrogen) atoms. The third-order valence-electron chi connectivity index (χ3n) is 4.50. The maximum atomic E-state index is 4.52. The summed E-state index contributed by atoms with van der Waals surface area (Å²) < 4.78 is 2.05. The lowest BCUT2D eigenvalue weighted by Crippen LogP contribution is -3.12. The molecule has 0 aliphatic carbocycles. The summed E-state index contributed by atoms with van der Waals surface area (Å²) in [6.45, 7) is 5.75. The van der Waals surface area contributed by atoms with Gasteiger partial charge in [-0.05, 0) is 25.0 Å². The standard InChI is InChI=1S/C16H19N5/c1-12-5-4-8-20(9-12)10-15-18-19-16-13-6-2-3-7-14(13)17-11-21(15)16/h2-3,6-7,11-12H,4-5,8-10H2,1H3/p+1/t12-/m1/s1. The second-order valence-electron chi connectivity index (χ2n) is 6.20. The van der Waals surface area contributed by atoms with Crippen molar-refractivity contribution in [2.24, 2.45) is 5.92 Å². The Morgan fingerprint density at radius 2 is 2.19 bits per heavy atom. The number of para-hydroxylation sites is 1. The number of hydrogen-bond donors (Lipinski definition) is 1. The third-order valence-corrected chi connectivity index (χ3v) is 4.50. The summed E-state index contributed by atoms with van der Waals surface area (Å²) in [7, 11) is 0. The molecule has 108 valence electrons. The van der Waals surface area contributed by atoms with Crippen molar-refractivity contribution in [3.05, 3.63) is 36.4 Å². The van der Waals surface area contributed by atoms with Crippen molar-refractivity contribution in [3.63, 3.8) is 0 Å². The molecule has 3 heterocycles. The lowest BCUT2D eigenvalue weighted by Gasteiger charge is -2.27. The summed E-state index contributed by atoms with van der Waals surface area (Å²) in [6, 6.07) is 8.10. The topological polar surface area (TPSA) is 47.5 Å². The van der Waals surface area contributed by atoms with Gasteiger partial charge in [0.15, 0.2) is 11.5 Å². The minimum absolute atomic E-state index is 0.812. The monoisotopic (exact) mass is 282 g/mol. The van der Waals surface area contributed by atoms with E-state index >= 15 is 0 Å². The van der Waals surface area contributed by atoms with E-state index < -0.39 is 0 Å². The van der Waals surface area contributed by atoms with Gasteiger partial charge in [0.25, 0.3) is 0 Å². The molecule has 3 aromatic rings. The Kier molecular flexibility index (Phi) is 3.07. The average molecular weight is 282 g/mol. The van der Waals surface area contributed by atoms with Crippen LogP contribution >= 0.6 is 0 Å². The van der Waals surface area contributed by atoms with Gasteiger partial charge in [0.05, 0.1) is 18.6 Å². The molecule has 4 rings (SSSR count). The van der Waals surface area contributed by atoms with E-state index in [1.165, 1.54) is 25.9 Å². The molecule has 2 atom stereocenters. The predicted molar refractivity (Wildman–Crippen MR) is 81.1 cm³/mol. The van der Waals surface area contributed by atoms with E-state index in [1.54, 1.807) is 4.90 Å². The van der Waals surface area contributed by atoms with E-state index in [9.17, 15) is 0 Å². The maximum Gasteiger partial charge on any atom is 0.193 e. The quantitative estimate of drug-likeness (QED) is 0.765. The zero-order chi connectivity index (χ0) is 14.2. The number of aromatic nitrogens is 4. The number of nitrogens with one attached hydrogen (secondary N) is 1. The average Bonchev–Trinajstić information content (AvgIpc) is 2.91. The second-order valence-corrected chi connectivity index (χ2v) is 6.20. The molecule has 2 aromatic heterocycles. The molecule has 1 aliphatic rings. The van der Waals surface area contributed by atoms with Crippen LogP contribution in [0.15, 0.2) is 30.6 Å². The lowest BCUT2D eigenvalue weighted by molar-refractivity contribution is -0.922. The van der Waals surface area contributed by atoms with Crippen LogP contribution in [0.2, 0.25) is 0 Å². The van der Waals surface area contributed by atoms with Crippen LogP contribution in [0.1, 0.15) is 25.6 Å². The first-order valence-corrected chi connectivity index (χ1v) is 7.72. The number of fused-ring (bicyclic) bond motifs is 3. The van der Waals surface area contributed by atoms with Gasteiger partial charge in [-0.15, -0.1) is 10.2 Å². The van der Waals surface area contributed by atoms with Crippen LogP contribution in [0.3, 0.4) is 0 Å². The molecule has 0 amide bonds. The number of benzene rings is 1. The van der Waals surface area contributed by atoms with Crippen LogP contribution in [0.25, 0.3) is 16.6 Å². The Morgan fingerprint density at radius 1 is 1.29 bits per heavy atom. The van der Waals surface area contributed by atoms with Crippen LogP contribution in [-0.4, -0.2) is 32.7 Å². The summed E-state index contributed by atoms with van der Waals surface area (Å²) in [6.07, 6.45) is 4.53. The highest BCUT2D eigenvalue weighted by molar-refractivity contribution is 5.90. The molecule has 1 unspecified atom stereocenters. The smallest absolute Gasteiger partial charge is 0.193 e. The van der Waals surface area contributed by atoms with Gasteiger partial charge in [0, 0.05) is 11.3 Å². The van der Waals surface area contributed by atoms with E-state index in [0.29, 0.717) is 0 Å². The Balaban J connectivity index is 1.71. The van der Waals surface area contributed by atoms with Crippen LogP contribution in [0.4, 0.5) is 0 Å². The lowest BCUT2D eigenvalue weighted by atomic mass is 10.0. The molecule has 0 spiro atoms. The van der Waals surface area contributed by atoms with Crippen molar-refractivity contribution < 1.29 is 4.90 Å². The van der Waals surface area contributed by atoms with Gasteiger partial charge in [-0.1, -0.05) is 19.1 Å². The number of likely N-dealkylation sites (tertiary alicyclic amines) is 1. The van der Waals surface area contributed by atoms with Gasteiger partial charge in [-0.2, -0.15) is 0 Å². The van der Waals surface area contributed by atoms with Crippen LogP contribution in [0.5, 0.6) is 0 Å². The molecule has 1 N–H and O–H groups in total. The van der Waals surface area contributed by atoms with Crippen molar-refractivity contribution >= 4 is 16.6 Å². The molecule has 5 heteroatoms. The van der Waals surface area contributed by atoms with Gasteiger partial charge in [0.2, 0.25) is 0 Å². The normalized spacial score (nSPS) is 22.9. The molecule has 1 aliphatic heterocycles. The highest BCUT2D eigenvalue weighted by atomic mass is 15.3. The number of quaternary nitrogens is 1. The van der Waals surface area contributed by atoms with Crippen molar-refractivity contribution in [2.75, 3.05) is 13.1 Å². The first-order valence-electron chi connectivity index (χ1n) is 7.72.